The van der Waals surface area contributed by atoms with Gasteiger partial charge in [-0.3, -0.25) is 0 Å². The highest BCUT2D eigenvalue weighted by Crippen LogP contribution is 2.17. The van der Waals surface area contributed by atoms with Gasteiger partial charge in [0.15, 0.2) is 0 Å². The van der Waals surface area contributed by atoms with Crippen LogP contribution in [0.25, 0.3) is 0 Å². The molecule has 0 fully saturated rings. The van der Waals surface area contributed by atoms with E-state index in [9.17, 15) is 14.7 Å². The Morgan fingerprint density at radius 3 is 2.57 bits per heavy atom. The van der Waals surface area contributed by atoms with Gasteiger partial charge in [0.1, 0.15) is 12.6 Å². The second-order valence-electron chi connectivity index (χ2n) is 5.34. The number of carboxylic acids is 1. The van der Waals surface area contributed by atoms with Crippen LogP contribution in [-0.4, -0.2) is 23.2 Å². The minimum atomic E-state index is -1.03. The van der Waals surface area contributed by atoms with Gasteiger partial charge in [-0.05, 0) is 31.2 Å². The lowest BCUT2D eigenvalue weighted by molar-refractivity contribution is -0.141. The zero-order valence-electron chi connectivity index (χ0n) is 13.7. The number of alkyl carbamates (subject to hydrolysis) is 1. The molecule has 126 valence electrons. The first-order valence-corrected chi connectivity index (χ1v) is 7.89. The molecule has 0 saturated heterocycles. The van der Waals surface area contributed by atoms with E-state index in [0.29, 0.717) is 12.8 Å². The van der Waals surface area contributed by atoms with Gasteiger partial charge in [0, 0.05) is 0 Å². The van der Waals surface area contributed by atoms with Crippen LogP contribution in [0.4, 0.5) is 4.79 Å². The van der Waals surface area contributed by atoms with Gasteiger partial charge in [-0.15, -0.1) is 0 Å². The van der Waals surface area contributed by atoms with E-state index in [1.54, 1.807) is 0 Å². The van der Waals surface area contributed by atoms with Crippen molar-refractivity contribution < 1.29 is 19.4 Å². The van der Waals surface area contributed by atoms with Crippen LogP contribution in [0.5, 0.6) is 0 Å². The molecular weight excluding hydrogens is 294 g/mol. The molecule has 0 aliphatic carbocycles. The molecule has 1 amide bonds. The third-order valence-electron chi connectivity index (χ3n) is 3.69. The lowest BCUT2D eigenvalue weighted by Crippen LogP contribution is -2.46. The average Bonchev–Trinajstić information content (AvgIpc) is 2.56. The molecule has 1 aromatic rings. The van der Waals surface area contributed by atoms with Crippen LogP contribution in [0.15, 0.2) is 42.5 Å². The van der Waals surface area contributed by atoms with Crippen molar-refractivity contribution in [3.8, 4) is 0 Å². The topological polar surface area (TPSA) is 75.6 Å². The summed E-state index contributed by atoms with van der Waals surface area (Å²) < 4.78 is 5.10. The first kappa shape index (κ1) is 18.7. The van der Waals surface area contributed by atoms with Crippen LogP contribution in [0.1, 0.15) is 38.7 Å². The summed E-state index contributed by atoms with van der Waals surface area (Å²) in [6.07, 6.45) is 5.40. The summed E-state index contributed by atoms with van der Waals surface area (Å²) >= 11 is 0. The van der Waals surface area contributed by atoms with Crippen LogP contribution >= 0.6 is 0 Å². The number of nitrogens with one attached hydrogen (secondary N) is 1. The number of hydrogen-bond donors (Lipinski definition) is 2. The number of carbonyl (C=O) groups is 2. The number of benzene rings is 1. The van der Waals surface area contributed by atoms with Crippen molar-refractivity contribution in [1.82, 2.24) is 5.32 Å². The van der Waals surface area contributed by atoms with Gasteiger partial charge in [-0.2, -0.15) is 0 Å². The molecule has 0 aliphatic rings. The third kappa shape index (κ3) is 7.00. The number of amides is 1. The first-order valence-electron chi connectivity index (χ1n) is 7.89. The summed E-state index contributed by atoms with van der Waals surface area (Å²) in [4.78, 5) is 23.3. The van der Waals surface area contributed by atoms with Crippen molar-refractivity contribution in [2.45, 2.75) is 45.8 Å². The van der Waals surface area contributed by atoms with Crippen molar-refractivity contribution in [3.63, 3.8) is 0 Å². The van der Waals surface area contributed by atoms with Crippen molar-refractivity contribution in [3.05, 3.63) is 48.0 Å². The summed E-state index contributed by atoms with van der Waals surface area (Å²) in [5.41, 5.74) is 0.856. The van der Waals surface area contributed by atoms with Gasteiger partial charge in [-0.25, -0.2) is 9.59 Å². The van der Waals surface area contributed by atoms with Crippen LogP contribution < -0.4 is 5.32 Å². The molecule has 5 heteroatoms. The Hall–Kier alpha value is -2.30. The summed E-state index contributed by atoms with van der Waals surface area (Å²) in [5, 5.41) is 11.9. The second-order valence-corrected chi connectivity index (χ2v) is 5.34. The Morgan fingerprint density at radius 2 is 2.00 bits per heavy atom. The molecular formula is C18H25NO4. The molecule has 1 aromatic carbocycles. The van der Waals surface area contributed by atoms with Crippen molar-refractivity contribution in [2.75, 3.05) is 0 Å². The molecule has 2 N–H and O–H groups in total. The number of aliphatic carboxylic acids is 1. The maximum absolute atomic E-state index is 11.9. The average molecular weight is 319 g/mol. The Bertz CT molecular complexity index is 513. The Kier molecular flexibility index (Phi) is 8.50. The van der Waals surface area contributed by atoms with Crippen LogP contribution in [0.3, 0.4) is 0 Å². The van der Waals surface area contributed by atoms with Gasteiger partial charge in [0.25, 0.3) is 0 Å². The summed E-state index contributed by atoms with van der Waals surface area (Å²) in [6, 6.07) is 8.33. The Morgan fingerprint density at radius 1 is 1.30 bits per heavy atom. The predicted molar refractivity (Wildman–Crippen MR) is 89.0 cm³/mol. The van der Waals surface area contributed by atoms with E-state index in [1.165, 1.54) is 0 Å². The van der Waals surface area contributed by atoms with E-state index in [0.717, 1.165) is 12.0 Å². The fraction of sp³-hybridized carbons (Fsp3) is 0.444. The molecule has 0 bridgehead atoms. The zero-order valence-corrected chi connectivity index (χ0v) is 13.7. The van der Waals surface area contributed by atoms with E-state index in [4.69, 9.17) is 4.74 Å². The van der Waals surface area contributed by atoms with Gasteiger partial charge < -0.3 is 15.2 Å². The molecule has 1 rings (SSSR count). The number of allylic oxidation sites excluding steroid dienone is 2. The van der Waals surface area contributed by atoms with Gasteiger partial charge >= 0.3 is 12.1 Å². The molecule has 0 radical (unpaired) electrons. The van der Waals surface area contributed by atoms with Crippen molar-refractivity contribution in [1.29, 1.82) is 0 Å². The fourth-order valence-corrected chi connectivity index (χ4v) is 2.36. The molecule has 2 atom stereocenters. The lowest BCUT2D eigenvalue weighted by Gasteiger charge is -2.23. The van der Waals surface area contributed by atoms with E-state index < -0.39 is 18.1 Å². The van der Waals surface area contributed by atoms with E-state index in [-0.39, 0.29) is 12.5 Å². The molecule has 0 aromatic heterocycles. The number of carbonyl (C=O) groups excluding carboxylic acids is 1. The monoisotopic (exact) mass is 319 g/mol. The van der Waals surface area contributed by atoms with E-state index in [1.807, 2.05) is 56.3 Å². The Balaban J connectivity index is 2.56. The SMILES string of the molecule is CC=CCCC(CC)C(NC(=O)OCc1ccccc1)C(=O)O. The van der Waals surface area contributed by atoms with Gasteiger partial charge in [-0.1, -0.05) is 55.8 Å². The molecule has 0 saturated carbocycles. The molecule has 0 spiro atoms. The largest absolute Gasteiger partial charge is 0.480 e. The first-order chi connectivity index (χ1) is 11.1. The van der Waals surface area contributed by atoms with E-state index in [2.05, 4.69) is 5.32 Å². The third-order valence-corrected chi connectivity index (χ3v) is 3.69. The number of rotatable bonds is 9. The van der Waals surface area contributed by atoms with Gasteiger partial charge in [0.05, 0.1) is 0 Å². The maximum Gasteiger partial charge on any atom is 0.408 e. The number of hydrogen-bond acceptors (Lipinski definition) is 3. The summed E-state index contributed by atoms with van der Waals surface area (Å²) in [6.45, 7) is 3.97. The standard InChI is InChI=1S/C18H25NO4/c1-3-5-7-12-15(4-2)16(17(20)21)19-18(22)23-13-14-10-8-6-9-11-14/h3,5-6,8-11,15-16H,4,7,12-13H2,1-2H3,(H,19,22)(H,20,21). The second kappa shape index (κ2) is 10.4. The summed E-state index contributed by atoms with van der Waals surface area (Å²) in [7, 11) is 0. The lowest BCUT2D eigenvalue weighted by atomic mass is 9.92. The highest BCUT2D eigenvalue weighted by atomic mass is 16.5. The maximum atomic E-state index is 11.9. The number of carboxylic acid groups (broad SMARTS) is 1. The predicted octanol–water partition coefficient (Wildman–Crippen LogP) is 3.75. The smallest absolute Gasteiger partial charge is 0.408 e. The minimum Gasteiger partial charge on any atom is -0.480 e. The van der Waals surface area contributed by atoms with Crippen molar-refractivity contribution >= 4 is 12.1 Å². The van der Waals surface area contributed by atoms with Crippen LogP contribution in [0.2, 0.25) is 0 Å². The number of ether oxygens (including phenoxy) is 1. The molecule has 0 heterocycles. The van der Waals surface area contributed by atoms with Crippen LogP contribution in [0, 0.1) is 5.92 Å². The Labute approximate surface area is 137 Å². The zero-order chi connectivity index (χ0) is 17.1. The molecule has 2 unspecified atom stereocenters. The quantitative estimate of drug-likeness (QED) is 0.680. The summed E-state index contributed by atoms with van der Waals surface area (Å²) in [5.74, 6) is -1.16. The fourth-order valence-electron chi connectivity index (χ4n) is 2.36. The molecule has 0 aliphatic heterocycles. The highest BCUT2D eigenvalue weighted by molar-refractivity contribution is 5.80. The highest BCUT2D eigenvalue weighted by Gasteiger charge is 2.28. The molecule has 23 heavy (non-hydrogen) atoms. The minimum absolute atomic E-state index is 0.119. The van der Waals surface area contributed by atoms with Crippen LogP contribution in [-0.2, 0) is 16.1 Å². The normalized spacial score (nSPS) is 13.5. The van der Waals surface area contributed by atoms with Crippen molar-refractivity contribution in [2.24, 2.45) is 5.92 Å². The van der Waals surface area contributed by atoms with E-state index >= 15 is 0 Å². The molecule has 5 nitrogen and oxygen atoms in total. The van der Waals surface area contributed by atoms with Gasteiger partial charge in [0.2, 0.25) is 0 Å².